The molecule has 0 atom stereocenters. The van der Waals surface area contributed by atoms with Gasteiger partial charge in [0.1, 0.15) is 11.0 Å². The fourth-order valence-corrected chi connectivity index (χ4v) is 3.59. The Morgan fingerprint density at radius 1 is 0.469 bits per heavy atom. The van der Waals surface area contributed by atoms with Gasteiger partial charge in [-0.15, -0.1) is 0 Å². The third-order valence-electron chi connectivity index (χ3n) is 5.19. The van der Waals surface area contributed by atoms with Crippen molar-refractivity contribution < 1.29 is 8.83 Å². The van der Waals surface area contributed by atoms with Crippen molar-refractivity contribution in [3.8, 4) is 11.1 Å². The van der Waals surface area contributed by atoms with E-state index in [0.29, 0.717) is 12.0 Å². The van der Waals surface area contributed by atoms with Gasteiger partial charge in [-0.05, 0) is 59.7 Å². The third-order valence-corrected chi connectivity index (χ3v) is 5.19. The minimum atomic E-state index is 0.480. The van der Waals surface area contributed by atoms with Crippen LogP contribution in [0.5, 0.6) is 0 Å². The van der Waals surface area contributed by atoms with Crippen LogP contribution in [0.25, 0.3) is 33.3 Å². The summed E-state index contributed by atoms with van der Waals surface area (Å²) in [6.45, 7) is 0. The molecule has 0 saturated carbocycles. The molecule has 0 saturated heterocycles. The number of rotatable bonds is 5. The number of benzene rings is 4. The quantitative estimate of drug-likeness (QED) is 0.310. The fraction of sp³-hybridized carbons (Fsp3) is 0. The van der Waals surface area contributed by atoms with E-state index in [4.69, 9.17) is 8.83 Å². The number of aromatic nitrogens is 2. The smallest absolute Gasteiger partial charge is 0.300 e. The maximum Gasteiger partial charge on any atom is 0.300 e. The highest BCUT2D eigenvalue weighted by atomic mass is 16.4. The van der Waals surface area contributed by atoms with E-state index in [1.807, 2.05) is 72.8 Å². The molecule has 0 aliphatic heterocycles. The summed E-state index contributed by atoms with van der Waals surface area (Å²) in [7, 11) is 0. The number of nitrogens with one attached hydrogen (secondary N) is 2. The average molecular weight is 418 g/mol. The van der Waals surface area contributed by atoms with Crippen LogP contribution in [0.2, 0.25) is 0 Å². The molecule has 0 amide bonds. The zero-order valence-corrected chi connectivity index (χ0v) is 16.9. The van der Waals surface area contributed by atoms with Gasteiger partial charge in [-0.25, -0.2) is 0 Å². The summed E-state index contributed by atoms with van der Waals surface area (Å²) in [5.41, 5.74) is 7.24. The Balaban J connectivity index is 1.16. The molecule has 0 bridgehead atoms. The van der Waals surface area contributed by atoms with Crippen molar-refractivity contribution in [3.05, 3.63) is 97.1 Å². The van der Waals surface area contributed by atoms with E-state index < -0.39 is 0 Å². The first kappa shape index (κ1) is 18.2. The summed E-state index contributed by atoms with van der Waals surface area (Å²) < 4.78 is 11.5. The number of anilines is 4. The molecule has 0 radical (unpaired) electrons. The summed E-state index contributed by atoms with van der Waals surface area (Å²) in [6, 6.07) is 32.7. The maximum absolute atomic E-state index is 5.73. The van der Waals surface area contributed by atoms with Gasteiger partial charge in [0.05, 0.1) is 0 Å². The van der Waals surface area contributed by atoms with Gasteiger partial charge in [-0.2, -0.15) is 9.97 Å². The Bertz CT molecular complexity index is 1330. The monoisotopic (exact) mass is 418 g/mol. The average Bonchev–Trinajstić information content (AvgIpc) is 3.43. The molecular weight excluding hydrogens is 400 g/mol. The highest BCUT2D eigenvalue weighted by Crippen LogP contribution is 2.27. The molecule has 6 nitrogen and oxygen atoms in total. The van der Waals surface area contributed by atoms with Crippen LogP contribution in [-0.4, -0.2) is 9.97 Å². The lowest BCUT2D eigenvalue weighted by Gasteiger charge is -2.06. The summed E-state index contributed by atoms with van der Waals surface area (Å²) in [5.74, 6) is 0. The molecule has 6 heteroatoms. The largest absolute Gasteiger partial charge is 0.423 e. The van der Waals surface area contributed by atoms with E-state index in [0.717, 1.165) is 44.7 Å². The Kier molecular flexibility index (Phi) is 4.32. The van der Waals surface area contributed by atoms with Crippen LogP contribution in [0, 0.1) is 0 Å². The van der Waals surface area contributed by atoms with E-state index >= 15 is 0 Å². The van der Waals surface area contributed by atoms with E-state index in [9.17, 15) is 0 Å². The fourth-order valence-electron chi connectivity index (χ4n) is 3.59. The maximum atomic E-state index is 5.73. The predicted molar refractivity (Wildman–Crippen MR) is 126 cm³/mol. The number of para-hydroxylation sites is 4. The lowest BCUT2D eigenvalue weighted by atomic mass is 10.1. The van der Waals surface area contributed by atoms with Crippen molar-refractivity contribution >= 4 is 45.6 Å². The number of fused-ring (bicyclic) bond motifs is 2. The van der Waals surface area contributed by atoms with Gasteiger partial charge in [-0.1, -0.05) is 48.5 Å². The molecular formula is C26H18N4O2. The van der Waals surface area contributed by atoms with Crippen LogP contribution < -0.4 is 10.6 Å². The lowest BCUT2D eigenvalue weighted by molar-refractivity contribution is 0.622. The molecule has 4 aromatic carbocycles. The molecule has 0 unspecified atom stereocenters. The van der Waals surface area contributed by atoms with E-state index in [1.165, 1.54) is 0 Å². The topological polar surface area (TPSA) is 76.1 Å². The summed E-state index contributed by atoms with van der Waals surface area (Å²) in [6.07, 6.45) is 0. The Morgan fingerprint density at radius 2 is 0.875 bits per heavy atom. The first-order valence-electron chi connectivity index (χ1n) is 10.3. The highest BCUT2D eigenvalue weighted by Gasteiger charge is 2.07. The molecule has 32 heavy (non-hydrogen) atoms. The minimum absolute atomic E-state index is 0.480. The molecule has 0 spiro atoms. The van der Waals surface area contributed by atoms with Crippen molar-refractivity contribution in [2.24, 2.45) is 0 Å². The molecule has 0 aliphatic rings. The second kappa shape index (κ2) is 7.59. The molecule has 2 N–H and O–H groups in total. The van der Waals surface area contributed by atoms with Gasteiger partial charge in [0.2, 0.25) is 0 Å². The van der Waals surface area contributed by atoms with E-state index in [2.05, 4.69) is 44.9 Å². The zero-order chi connectivity index (χ0) is 21.3. The number of nitrogens with zero attached hydrogens (tertiary/aromatic N) is 2. The van der Waals surface area contributed by atoms with Crippen LogP contribution >= 0.6 is 0 Å². The van der Waals surface area contributed by atoms with Crippen molar-refractivity contribution in [3.63, 3.8) is 0 Å². The Hall–Kier alpha value is -4.58. The first-order chi connectivity index (χ1) is 15.8. The van der Waals surface area contributed by atoms with Crippen LogP contribution in [-0.2, 0) is 0 Å². The predicted octanol–water partition coefficient (Wildman–Crippen LogP) is 7.12. The van der Waals surface area contributed by atoms with Crippen molar-refractivity contribution in [2.75, 3.05) is 10.6 Å². The van der Waals surface area contributed by atoms with Crippen molar-refractivity contribution in [2.45, 2.75) is 0 Å². The summed E-state index contributed by atoms with van der Waals surface area (Å²) in [4.78, 5) is 8.90. The second-order valence-corrected chi connectivity index (χ2v) is 7.38. The van der Waals surface area contributed by atoms with Crippen molar-refractivity contribution in [1.29, 1.82) is 0 Å². The SMILES string of the molecule is c1ccc2oc(Nc3ccc(-c4ccc(Nc5nc6ccccc6o5)cc4)cc3)nc2c1. The highest BCUT2D eigenvalue weighted by molar-refractivity contribution is 5.77. The standard InChI is InChI=1S/C26H18N4O2/c1-3-7-23-21(5-1)29-25(31-23)27-19-13-9-17(10-14-19)18-11-15-20(16-12-18)28-26-30-22-6-2-4-8-24(22)32-26/h1-16H,(H,27,29)(H,28,30). The number of oxazole rings is 2. The van der Waals surface area contributed by atoms with E-state index in [-0.39, 0.29) is 0 Å². The van der Waals surface area contributed by atoms with Gasteiger partial charge < -0.3 is 19.5 Å². The number of hydrogen-bond donors (Lipinski definition) is 2. The van der Waals surface area contributed by atoms with Gasteiger partial charge >= 0.3 is 0 Å². The zero-order valence-electron chi connectivity index (χ0n) is 16.9. The van der Waals surface area contributed by atoms with Crippen LogP contribution in [0.15, 0.2) is 106 Å². The first-order valence-corrected chi connectivity index (χ1v) is 10.3. The molecule has 154 valence electrons. The molecule has 0 aliphatic carbocycles. The molecule has 2 heterocycles. The molecule has 6 aromatic rings. The molecule has 0 fully saturated rings. The molecule has 2 aromatic heterocycles. The Labute approximate surface area is 183 Å². The van der Waals surface area contributed by atoms with Crippen molar-refractivity contribution in [1.82, 2.24) is 9.97 Å². The van der Waals surface area contributed by atoms with Gasteiger partial charge in [0.15, 0.2) is 11.2 Å². The third kappa shape index (κ3) is 3.54. The van der Waals surface area contributed by atoms with Crippen LogP contribution in [0.1, 0.15) is 0 Å². The Morgan fingerprint density at radius 3 is 1.28 bits per heavy atom. The van der Waals surface area contributed by atoms with Crippen LogP contribution in [0.4, 0.5) is 23.4 Å². The van der Waals surface area contributed by atoms with Gasteiger partial charge in [-0.3, -0.25) is 0 Å². The normalized spacial score (nSPS) is 11.1. The summed E-state index contributed by atoms with van der Waals surface area (Å²) >= 11 is 0. The number of hydrogen-bond acceptors (Lipinski definition) is 6. The molecule has 6 rings (SSSR count). The second-order valence-electron chi connectivity index (χ2n) is 7.38. The van der Waals surface area contributed by atoms with Gasteiger partial charge in [0, 0.05) is 11.4 Å². The minimum Gasteiger partial charge on any atom is -0.423 e. The van der Waals surface area contributed by atoms with Gasteiger partial charge in [0.25, 0.3) is 12.0 Å². The summed E-state index contributed by atoms with van der Waals surface area (Å²) in [5, 5.41) is 6.43. The lowest BCUT2D eigenvalue weighted by Crippen LogP contribution is -1.91. The van der Waals surface area contributed by atoms with E-state index in [1.54, 1.807) is 0 Å². The van der Waals surface area contributed by atoms with Crippen LogP contribution in [0.3, 0.4) is 0 Å².